The van der Waals surface area contributed by atoms with E-state index in [1.165, 1.54) is 12.1 Å². The molecule has 4 aromatic rings. The number of hydrogen-bond acceptors (Lipinski definition) is 4. The first-order chi connectivity index (χ1) is 17.4. The van der Waals surface area contributed by atoms with E-state index in [9.17, 15) is 22.8 Å². The highest BCUT2D eigenvalue weighted by atomic mass is 19.4. The number of fused-ring (bicyclic) bond motifs is 1. The minimum Gasteiger partial charge on any atom is -0.322 e. The van der Waals surface area contributed by atoms with E-state index < -0.39 is 17.6 Å². The number of hydrogen-bond donors (Lipinski definition) is 1. The number of alkyl halides is 3. The molecule has 2 heterocycles. The third-order valence-corrected chi connectivity index (χ3v) is 6.22. The molecule has 0 saturated heterocycles. The number of aromatic nitrogens is 2. The fourth-order valence-corrected chi connectivity index (χ4v) is 4.10. The van der Waals surface area contributed by atoms with Crippen LogP contribution in [-0.2, 0) is 19.6 Å². The molecule has 192 valence electrons. The zero-order valence-electron chi connectivity index (χ0n) is 21.0. The number of nitrogens with zero attached hydrogens (tertiary/aromatic N) is 3. The van der Waals surface area contributed by atoms with Crippen molar-refractivity contribution >= 4 is 22.5 Å². The summed E-state index contributed by atoms with van der Waals surface area (Å²) in [7, 11) is 5.68. The van der Waals surface area contributed by atoms with Crippen LogP contribution < -0.4 is 10.9 Å². The summed E-state index contributed by atoms with van der Waals surface area (Å²) >= 11 is 0. The first kappa shape index (κ1) is 26.1. The van der Waals surface area contributed by atoms with Crippen LogP contribution in [0.1, 0.15) is 27.2 Å². The molecule has 1 N–H and O–H groups in total. The van der Waals surface area contributed by atoms with Gasteiger partial charge in [0.25, 0.3) is 11.5 Å². The smallest absolute Gasteiger partial charge is 0.322 e. The average Bonchev–Trinajstić information content (AvgIpc) is 2.86. The lowest BCUT2D eigenvalue weighted by molar-refractivity contribution is -0.137. The zero-order valence-corrected chi connectivity index (χ0v) is 21.0. The Balaban J connectivity index is 1.68. The first-order valence-corrected chi connectivity index (χ1v) is 11.7. The minimum absolute atomic E-state index is 0.116. The second-order valence-corrected chi connectivity index (χ2v) is 9.27. The topological polar surface area (TPSA) is 67.2 Å². The number of benzene rings is 2. The maximum atomic E-state index is 13.3. The quantitative estimate of drug-likeness (QED) is 0.385. The molecule has 0 atom stereocenters. The molecule has 2 aromatic heterocycles. The lowest BCUT2D eigenvalue weighted by atomic mass is 9.99. The maximum absolute atomic E-state index is 13.3. The van der Waals surface area contributed by atoms with Gasteiger partial charge in [-0.1, -0.05) is 12.1 Å². The number of carbonyl (C=O) groups is 1. The lowest BCUT2D eigenvalue weighted by Crippen LogP contribution is -2.20. The van der Waals surface area contributed by atoms with Crippen molar-refractivity contribution in [2.24, 2.45) is 7.05 Å². The van der Waals surface area contributed by atoms with Gasteiger partial charge in [-0.2, -0.15) is 13.2 Å². The van der Waals surface area contributed by atoms with E-state index in [1.807, 2.05) is 27.1 Å². The van der Waals surface area contributed by atoms with Gasteiger partial charge in [0.1, 0.15) is 0 Å². The molecule has 9 heteroatoms. The molecule has 0 unspecified atom stereocenters. The predicted octanol–water partition coefficient (Wildman–Crippen LogP) is 5.28. The molecule has 4 rings (SSSR count). The Labute approximate surface area is 212 Å². The highest BCUT2D eigenvalue weighted by Gasteiger charge is 2.31. The lowest BCUT2D eigenvalue weighted by Gasteiger charge is -2.14. The van der Waals surface area contributed by atoms with E-state index in [0.717, 1.165) is 47.3 Å². The second kappa shape index (κ2) is 10.2. The fourth-order valence-electron chi connectivity index (χ4n) is 4.10. The van der Waals surface area contributed by atoms with Gasteiger partial charge in [0.05, 0.1) is 11.1 Å². The van der Waals surface area contributed by atoms with Crippen molar-refractivity contribution in [3.8, 4) is 11.1 Å². The van der Waals surface area contributed by atoms with E-state index in [2.05, 4.69) is 15.2 Å². The van der Waals surface area contributed by atoms with Crippen LogP contribution in [0.25, 0.3) is 22.0 Å². The normalized spacial score (nSPS) is 11.8. The highest BCUT2D eigenvalue weighted by Crippen LogP contribution is 2.30. The van der Waals surface area contributed by atoms with Gasteiger partial charge in [0.2, 0.25) is 0 Å². The van der Waals surface area contributed by atoms with Crippen molar-refractivity contribution in [1.29, 1.82) is 0 Å². The summed E-state index contributed by atoms with van der Waals surface area (Å²) in [6.45, 7) is 2.68. The predicted molar refractivity (Wildman–Crippen MR) is 139 cm³/mol. The van der Waals surface area contributed by atoms with Gasteiger partial charge in [0, 0.05) is 54.1 Å². The monoisotopic (exact) mass is 508 g/mol. The second-order valence-electron chi connectivity index (χ2n) is 9.27. The third kappa shape index (κ3) is 5.72. The first-order valence-electron chi connectivity index (χ1n) is 11.7. The molecular formula is C28H27F3N4O2. The van der Waals surface area contributed by atoms with Crippen molar-refractivity contribution in [1.82, 2.24) is 14.5 Å². The molecule has 0 aliphatic carbocycles. The Hall–Kier alpha value is -3.98. The average molecular weight is 509 g/mol. The molecule has 2 aromatic carbocycles. The van der Waals surface area contributed by atoms with Crippen LogP contribution in [-0.4, -0.2) is 41.0 Å². The summed E-state index contributed by atoms with van der Waals surface area (Å²) in [6, 6.07) is 13.0. The van der Waals surface area contributed by atoms with E-state index in [-0.39, 0.29) is 11.1 Å². The number of anilines is 1. The van der Waals surface area contributed by atoms with Crippen molar-refractivity contribution in [3.63, 3.8) is 0 Å². The molecule has 0 aliphatic heterocycles. The summed E-state index contributed by atoms with van der Waals surface area (Å²) in [5.41, 5.74) is 2.65. The number of likely N-dealkylation sites (N-methyl/N-ethyl adjacent to an activating group) is 1. The molecule has 0 bridgehead atoms. The Morgan fingerprint density at radius 3 is 2.51 bits per heavy atom. The van der Waals surface area contributed by atoms with E-state index in [0.29, 0.717) is 16.8 Å². The molecule has 37 heavy (non-hydrogen) atoms. The highest BCUT2D eigenvalue weighted by molar-refractivity contribution is 6.04. The van der Waals surface area contributed by atoms with Crippen molar-refractivity contribution in [2.45, 2.75) is 19.5 Å². The molecule has 0 aliphatic rings. The molecule has 1 amide bonds. The molecule has 6 nitrogen and oxygen atoms in total. The number of amides is 1. The molecule has 0 fully saturated rings. The molecule has 0 saturated carbocycles. The van der Waals surface area contributed by atoms with Crippen molar-refractivity contribution in [3.05, 3.63) is 93.5 Å². The largest absolute Gasteiger partial charge is 0.416 e. The molecular weight excluding hydrogens is 481 g/mol. The summed E-state index contributed by atoms with van der Waals surface area (Å²) in [5.74, 6) is -0.679. The van der Waals surface area contributed by atoms with Gasteiger partial charge in [-0.15, -0.1) is 0 Å². The van der Waals surface area contributed by atoms with E-state index >= 15 is 0 Å². The third-order valence-electron chi connectivity index (χ3n) is 6.22. The zero-order chi connectivity index (χ0) is 26.9. The standard InChI is InChI=1S/C28H27F3N4O2/c1-17-8-9-22(33-26(36)18-6-5-7-20(12-18)28(29,30)31)14-23(17)24-13-19-16-32-21(10-11-34(2)3)15-25(19)35(4)27(24)37/h5-9,12-16H,10-11H2,1-4H3,(H,33,36). The van der Waals surface area contributed by atoms with Crippen molar-refractivity contribution in [2.75, 3.05) is 26.0 Å². The number of aryl methyl sites for hydroxylation is 2. The summed E-state index contributed by atoms with van der Waals surface area (Å²) in [4.78, 5) is 32.6. The SMILES string of the molecule is Cc1ccc(NC(=O)c2cccc(C(F)(F)F)c2)cc1-c1cc2cnc(CCN(C)C)cc2n(C)c1=O. The molecule has 0 spiro atoms. The Morgan fingerprint density at radius 2 is 1.81 bits per heavy atom. The van der Waals surface area contributed by atoms with Crippen LogP contribution in [0.3, 0.4) is 0 Å². The number of pyridine rings is 2. The van der Waals surface area contributed by atoms with Gasteiger partial charge in [0.15, 0.2) is 0 Å². The minimum atomic E-state index is -4.55. The van der Waals surface area contributed by atoms with Gasteiger partial charge in [-0.25, -0.2) is 0 Å². The Morgan fingerprint density at radius 1 is 1.05 bits per heavy atom. The number of nitrogens with one attached hydrogen (secondary N) is 1. The maximum Gasteiger partial charge on any atom is 0.416 e. The van der Waals surface area contributed by atoms with E-state index in [4.69, 9.17) is 0 Å². The summed E-state index contributed by atoms with van der Waals surface area (Å²) in [5, 5.41) is 3.44. The van der Waals surface area contributed by atoms with Gasteiger partial charge >= 0.3 is 6.18 Å². The number of carbonyl (C=O) groups excluding carboxylic acids is 1. The Bertz CT molecular complexity index is 1540. The van der Waals surface area contributed by atoms with Gasteiger partial charge in [-0.3, -0.25) is 14.6 Å². The number of rotatable bonds is 6. The van der Waals surface area contributed by atoms with Crippen molar-refractivity contribution < 1.29 is 18.0 Å². The summed E-state index contributed by atoms with van der Waals surface area (Å²) < 4.78 is 40.7. The van der Waals surface area contributed by atoms with Crippen LogP contribution in [0.5, 0.6) is 0 Å². The van der Waals surface area contributed by atoms with E-state index in [1.54, 1.807) is 42.1 Å². The van der Waals surface area contributed by atoms with Crippen LogP contribution in [0.4, 0.5) is 18.9 Å². The summed E-state index contributed by atoms with van der Waals surface area (Å²) in [6.07, 6.45) is -2.05. The number of halogens is 3. The fraction of sp³-hybridized carbons (Fsp3) is 0.250. The van der Waals surface area contributed by atoms with Crippen LogP contribution in [0, 0.1) is 6.92 Å². The van der Waals surface area contributed by atoms with Gasteiger partial charge in [-0.05, 0) is 74.6 Å². The van der Waals surface area contributed by atoms with Crippen LogP contribution >= 0.6 is 0 Å². The molecule has 0 radical (unpaired) electrons. The van der Waals surface area contributed by atoms with Crippen LogP contribution in [0.2, 0.25) is 0 Å². The van der Waals surface area contributed by atoms with Gasteiger partial charge < -0.3 is 14.8 Å². The Kier molecular flexibility index (Phi) is 7.18. The van der Waals surface area contributed by atoms with Crippen LogP contribution in [0.15, 0.2) is 65.6 Å².